The summed E-state index contributed by atoms with van der Waals surface area (Å²) in [7, 11) is 0. The fraction of sp³-hybridized carbons (Fsp3) is 0. The van der Waals surface area contributed by atoms with Gasteiger partial charge in [-0.1, -0.05) is 24.3 Å². The lowest BCUT2D eigenvalue weighted by molar-refractivity contribution is 0.0697. The van der Waals surface area contributed by atoms with Crippen molar-refractivity contribution < 1.29 is 9.90 Å². The van der Waals surface area contributed by atoms with Gasteiger partial charge in [-0.25, -0.2) is 4.79 Å². The summed E-state index contributed by atoms with van der Waals surface area (Å²) >= 11 is 0. The number of aromatic carboxylic acids is 1. The third-order valence-corrected chi connectivity index (χ3v) is 2.87. The average molecular weight is 238 g/mol. The quantitative estimate of drug-likeness (QED) is 0.746. The molecule has 0 saturated heterocycles. The summed E-state index contributed by atoms with van der Waals surface area (Å²) in [5.74, 6) is -0.929. The van der Waals surface area contributed by atoms with Gasteiger partial charge in [0.05, 0.1) is 17.4 Å². The first-order chi connectivity index (χ1) is 8.75. The van der Waals surface area contributed by atoms with Crippen LogP contribution in [0.1, 0.15) is 10.4 Å². The fourth-order valence-electron chi connectivity index (χ4n) is 1.98. The molecule has 4 nitrogen and oxygen atoms in total. The second-order valence-electron chi connectivity index (χ2n) is 3.99. The van der Waals surface area contributed by atoms with Gasteiger partial charge in [0.15, 0.2) is 0 Å². The van der Waals surface area contributed by atoms with Crippen molar-refractivity contribution in [3.8, 4) is 5.69 Å². The highest BCUT2D eigenvalue weighted by atomic mass is 16.4. The SMILES string of the molecule is O=C(O)c1ccn(-c2cncc3ccccc23)c1. The number of benzene rings is 1. The normalized spacial score (nSPS) is 10.7. The van der Waals surface area contributed by atoms with E-state index in [0.717, 1.165) is 16.5 Å². The van der Waals surface area contributed by atoms with Crippen molar-refractivity contribution in [3.05, 3.63) is 60.7 Å². The van der Waals surface area contributed by atoms with Crippen molar-refractivity contribution >= 4 is 16.7 Å². The van der Waals surface area contributed by atoms with Crippen molar-refractivity contribution in [1.82, 2.24) is 9.55 Å². The maximum atomic E-state index is 10.9. The largest absolute Gasteiger partial charge is 0.478 e. The van der Waals surface area contributed by atoms with Crippen molar-refractivity contribution in [2.45, 2.75) is 0 Å². The second-order valence-corrected chi connectivity index (χ2v) is 3.99. The zero-order valence-electron chi connectivity index (χ0n) is 9.45. The Labute approximate surface area is 103 Å². The van der Waals surface area contributed by atoms with Crippen LogP contribution in [0.4, 0.5) is 0 Å². The van der Waals surface area contributed by atoms with E-state index >= 15 is 0 Å². The highest BCUT2D eigenvalue weighted by Gasteiger charge is 2.07. The predicted molar refractivity (Wildman–Crippen MR) is 68.0 cm³/mol. The van der Waals surface area contributed by atoms with Gasteiger partial charge in [-0.15, -0.1) is 0 Å². The van der Waals surface area contributed by atoms with E-state index in [-0.39, 0.29) is 5.56 Å². The highest BCUT2D eigenvalue weighted by Crippen LogP contribution is 2.21. The Morgan fingerprint density at radius 1 is 1.17 bits per heavy atom. The summed E-state index contributed by atoms with van der Waals surface area (Å²) in [5.41, 5.74) is 1.14. The van der Waals surface area contributed by atoms with Gasteiger partial charge in [-0.3, -0.25) is 4.98 Å². The standard InChI is InChI=1S/C14H10N2O2/c17-14(18)11-5-6-16(9-11)13-8-15-7-10-3-1-2-4-12(10)13/h1-9H,(H,17,18). The molecule has 3 aromatic rings. The van der Waals surface area contributed by atoms with E-state index in [2.05, 4.69) is 4.98 Å². The van der Waals surface area contributed by atoms with Crippen LogP contribution in [0, 0.1) is 0 Å². The lowest BCUT2D eigenvalue weighted by Gasteiger charge is -2.06. The second kappa shape index (κ2) is 4.00. The van der Waals surface area contributed by atoms with E-state index in [9.17, 15) is 4.79 Å². The Morgan fingerprint density at radius 2 is 2.00 bits per heavy atom. The van der Waals surface area contributed by atoms with E-state index in [1.165, 1.54) is 0 Å². The molecule has 1 aromatic carbocycles. The van der Waals surface area contributed by atoms with Crippen molar-refractivity contribution in [1.29, 1.82) is 0 Å². The fourth-order valence-corrected chi connectivity index (χ4v) is 1.98. The maximum absolute atomic E-state index is 10.9. The van der Waals surface area contributed by atoms with Crippen molar-refractivity contribution in [2.24, 2.45) is 0 Å². The molecule has 0 aliphatic rings. The van der Waals surface area contributed by atoms with E-state index in [1.807, 2.05) is 24.3 Å². The van der Waals surface area contributed by atoms with Crippen LogP contribution >= 0.6 is 0 Å². The van der Waals surface area contributed by atoms with Crippen LogP contribution in [0.3, 0.4) is 0 Å². The van der Waals surface area contributed by atoms with Crippen LogP contribution in [0.2, 0.25) is 0 Å². The number of pyridine rings is 1. The molecule has 0 fully saturated rings. The number of aromatic nitrogens is 2. The Bertz CT molecular complexity index is 726. The molecule has 0 spiro atoms. The molecular weight excluding hydrogens is 228 g/mol. The smallest absolute Gasteiger partial charge is 0.337 e. The molecule has 88 valence electrons. The van der Waals surface area contributed by atoms with Gasteiger partial charge >= 0.3 is 5.97 Å². The van der Waals surface area contributed by atoms with Gasteiger partial charge in [-0.05, 0) is 6.07 Å². The summed E-state index contributed by atoms with van der Waals surface area (Å²) in [4.78, 5) is 15.1. The Hall–Kier alpha value is -2.62. The first kappa shape index (κ1) is 10.5. The van der Waals surface area contributed by atoms with Crippen molar-refractivity contribution in [3.63, 3.8) is 0 Å². The maximum Gasteiger partial charge on any atom is 0.337 e. The monoisotopic (exact) mass is 238 g/mol. The Balaban J connectivity index is 2.21. The molecule has 1 N–H and O–H groups in total. The first-order valence-corrected chi connectivity index (χ1v) is 5.50. The minimum absolute atomic E-state index is 0.267. The summed E-state index contributed by atoms with van der Waals surface area (Å²) in [5, 5.41) is 11.0. The molecule has 0 bridgehead atoms. The summed E-state index contributed by atoms with van der Waals surface area (Å²) < 4.78 is 1.78. The number of carbonyl (C=O) groups is 1. The number of fused-ring (bicyclic) bond motifs is 1. The number of rotatable bonds is 2. The molecule has 0 amide bonds. The van der Waals surface area contributed by atoms with Gasteiger partial charge in [0.2, 0.25) is 0 Å². The third-order valence-electron chi connectivity index (χ3n) is 2.87. The number of nitrogens with zero attached hydrogens (tertiary/aromatic N) is 2. The van der Waals surface area contributed by atoms with Crippen LogP contribution in [-0.4, -0.2) is 20.6 Å². The predicted octanol–water partition coefficient (Wildman–Crippen LogP) is 2.72. The van der Waals surface area contributed by atoms with Crippen LogP contribution < -0.4 is 0 Å². The van der Waals surface area contributed by atoms with Crippen LogP contribution in [-0.2, 0) is 0 Å². The molecule has 0 unspecified atom stereocenters. The zero-order chi connectivity index (χ0) is 12.5. The Kier molecular flexibility index (Phi) is 2.34. The van der Waals surface area contributed by atoms with E-state index in [0.29, 0.717) is 0 Å². The molecule has 0 saturated carbocycles. The topological polar surface area (TPSA) is 55.1 Å². The molecule has 4 heteroatoms. The summed E-state index contributed by atoms with van der Waals surface area (Å²) in [6, 6.07) is 9.45. The molecule has 3 rings (SSSR count). The Morgan fingerprint density at radius 3 is 2.78 bits per heavy atom. The van der Waals surface area contributed by atoms with Gasteiger partial charge < -0.3 is 9.67 Å². The molecule has 18 heavy (non-hydrogen) atoms. The number of carboxylic acid groups (broad SMARTS) is 1. The molecule has 0 aliphatic heterocycles. The van der Waals surface area contributed by atoms with Gasteiger partial charge in [0.25, 0.3) is 0 Å². The molecule has 0 aliphatic carbocycles. The van der Waals surface area contributed by atoms with Crippen LogP contribution in [0.25, 0.3) is 16.5 Å². The third kappa shape index (κ3) is 1.64. The number of hydrogen-bond acceptors (Lipinski definition) is 2. The van der Waals surface area contributed by atoms with Gasteiger partial charge in [0, 0.05) is 29.4 Å². The van der Waals surface area contributed by atoms with Crippen LogP contribution in [0.5, 0.6) is 0 Å². The molecule has 2 heterocycles. The minimum atomic E-state index is -0.929. The van der Waals surface area contributed by atoms with Crippen LogP contribution in [0.15, 0.2) is 55.1 Å². The zero-order valence-corrected chi connectivity index (χ0v) is 9.45. The molecule has 2 aromatic heterocycles. The first-order valence-electron chi connectivity index (χ1n) is 5.50. The van der Waals surface area contributed by atoms with Gasteiger partial charge in [0.1, 0.15) is 0 Å². The van der Waals surface area contributed by atoms with E-state index in [4.69, 9.17) is 5.11 Å². The average Bonchev–Trinajstić information content (AvgIpc) is 2.87. The molecule has 0 radical (unpaired) electrons. The minimum Gasteiger partial charge on any atom is -0.478 e. The summed E-state index contributed by atoms with van der Waals surface area (Å²) in [6.45, 7) is 0. The number of carboxylic acids is 1. The van der Waals surface area contributed by atoms with E-state index < -0.39 is 5.97 Å². The van der Waals surface area contributed by atoms with Crippen molar-refractivity contribution in [2.75, 3.05) is 0 Å². The summed E-state index contributed by atoms with van der Waals surface area (Å²) in [6.07, 6.45) is 6.84. The van der Waals surface area contributed by atoms with E-state index in [1.54, 1.807) is 35.4 Å². The molecular formula is C14H10N2O2. The lowest BCUT2D eigenvalue weighted by Crippen LogP contribution is -1.95. The van der Waals surface area contributed by atoms with Gasteiger partial charge in [-0.2, -0.15) is 0 Å². The molecule has 0 atom stereocenters. The highest BCUT2D eigenvalue weighted by molar-refractivity contribution is 5.90. The lowest BCUT2D eigenvalue weighted by atomic mass is 10.1. The number of hydrogen-bond donors (Lipinski definition) is 1.